The summed E-state index contributed by atoms with van der Waals surface area (Å²) in [7, 11) is 0. The van der Waals surface area contributed by atoms with E-state index in [1.165, 1.54) is 0 Å². The molecule has 0 aliphatic heterocycles. The standard InChI is InChI=1S/C16H16N4O/c1-10-6-4-7-11(2)14(10)18-19-15-12(3)17-16-13(21)8-5-9-20(15)16/h4-9,21H,1-3H3. The molecule has 0 atom stereocenters. The third kappa shape index (κ3) is 2.27. The second kappa shape index (κ2) is 5.01. The molecular formula is C16H16N4O. The third-order valence-electron chi connectivity index (χ3n) is 3.46. The largest absolute Gasteiger partial charge is 0.504 e. The van der Waals surface area contributed by atoms with Crippen LogP contribution in [0.2, 0.25) is 0 Å². The van der Waals surface area contributed by atoms with E-state index in [2.05, 4.69) is 15.2 Å². The SMILES string of the molecule is Cc1cccc(C)c1N=Nc1c(C)nc2c(O)cccn12. The second-order valence-electron chi connectivity index (χ2n) is 5.05. The average Bonchev–Trinajstić information content (AvgIpc) is 2.76. The molecule has 1 N–H and O–H groups in total. The number of azo groups is 1. The lowest BCUT2D eigenvalue weighted by Gasteiger charge is -2.02. The van der Waals surface area contributed by atoms with Crippen molar-refractivity contribution in [2.75, 3.05) is 0 Å². The zero-order chi connectivity index (χ0) is 15.0. The quantitative estimate of drug-likeness (QED) is 0.708. The van der Waals surface area contributed by atoms with Gasteiger partial charge < -0.3 is 5.11 Å². The Bertz CT molecular complexity index is 829. The Labute approximate surface area is 122 Å². The lowest BCUT2D eigenvalue weighted by Crippen LogP contribution is -1.83. The van der Waals surface area contributed by atoms with Gasteiger partial charge in [-0.15, -0.1) is 10.2 Å². The first-order valence-electron chi connectivity index (χ1n) is 6.72. The fourth-order valence-corrected chi connectivity index (χ4v) is 2.34. The molecule has 0 fully saturated rings. The van der Waals surface area contributed by atoms with E-state index in [0.717, 1.165) is 22.5 Å². The van der Waals surface area contributed by atoms with Gasteiger partial charge in [0, 0.05) is 6.20 Å². The van der Waals surface area contributed by atoms with Crippen molar-refractivity contribution in [3.63, 3.8) is 0 Å². The molecule has 0 radical (unpaired) electrons. The summed E-state index contributed by atoms with van der Waals surface area (Å²) in [5.74, 6) is 0.762. The van der Waals surface area contributed by atoms with Gasteiger partial charge in [-0.1, -0.05) is 18.2 Å². The highest BCUT2D eigenvalue weighted by Gasteiger charge is 2.11. The first kappa shape index (κ1) is 13.3. The van der Waals surface area contributed by atoms with E-state index in [4.69, 9.17) is 0 Å². The molecule has 0 spiro atoms. The van der Waals surface area contributed by atoms with Crippen LogP contribution >= 0.6 is 0 Å². The van der Waals surface area contributed by atoms with Crippen LogP contribution in [0.5, 0.6) is 5.75 Å². The molecule has 21 heavy (non-hydrogen) atoms. The minimum atomic E-state index is 0.133. The van der Waals surface area contributed by atoms with Crippen LogP contribution in [-0.2, 0) is 0 Å². The minimum Gasteiger partial charge on any atom is -0.504 e. The fourth-order valence-electron chi connectivity index (χ4n) is 2.34. The molecular weight excluding hydrogens is 264 g/mol. The Morgan fingerprint density at radius 2 is 1.71 bits per heavy atom. The summed E-state index contributed by atoms with van der Waals surface area (Å²) in [4.78, 5) is 4.33. The van der Waals surface area contributed by atoms with Crippen molar-refractivity contribution >= 4 is 17.2 Å². The Balaban J connectivity index is 2.12. The summed E-state index contributed by atoms with van der Waals surface area (Å²) in [6.07, 6.45) is 1.81. The van der Waals surface area contributed by atoms with Crippen molar-refractivity contribution in [2.24, 2.45) is 10.2 Å². The minimum absolute atomic E-state index is 0.133. The Kier molecular flexibility index (Phi) is 3.17. The van der Waals surface area contributed by atoms with Crippen LogP contribution < -0.4 is 0 Å². The summed E-state index contributed by atoms with van der Waals surface area (Å²) in [6, 6.07) is 9.37. The molecule has 3 rings (SSSR count). The van der Waals surface area contributed by atoms with Gasteiger partial charge in [-0.3, -0.25) is 4.40 Å². The van der Waals surface area contributed by atoms with E-state index in [1.54, 1.807) is 16.5 Å². The Morgan fingerprint density at radius 1 is 1.00 bits per heavy atom. The molecule has 1 aromatic carbocycles. The zero-order valence-electron chi connectivity index (χ0n) is 12.2. The number of benzene rings is 1. The molecule has 0 aliphatic rings. The Hall–Kier alpha value is -2.69. The summed E-state index contributed by atoms with van der Waals surface area (Å²) in [5, 5.41) is 18.5. The second-order valence-corrected chi connectivity index (χ2v) is 5.05. The molecule has 5 heteroatoms. The number of fused-ring (bicyclic) bond motifs is 1. The molecule has 0 saturated carbocycles. The van der Waals surface area contributed by atoms with Gasteiger partial charge in [-0.2, -0.15) is 0 Å². The van der Waals surface area contributed by atoms with Gasteiger partial charge >= 0.3 is 0 Å². The van der Waals surface area contributed by atoms with Crippen molar-refractivity contribution in [2.45, 2.75) is 20.8 Å². The molecule has 5 nitrogen and oxygen atoms in total. The molecule has 0 bridgehead atoms. The monoisotopic (exact) mass is 280 g/mol. The van der Waals surface area contributed by atoms with Crippen molar-refractivity contribution < 1.29 is 5.11 Å². The third-order valence-corrected chi connectivity index (χ3v) is 3.46. The predicted molar refractivity (Wildman–Crippen MR) is 81.7 cm³/mol. The van der Waals surface area contributed by atoms with E-state index in [9.17, 15) is 5.11 Å². The molecule has 2 aromatic heterocycles. The normalized spacial score (nSPS) is 11.6. The summed E-state index contributed by atoms with van der Waals surface area (Å²) >= 11 is 0. The Morgan fingerprint density at radius 3 is 2.43 bits per heavy atom. The zero-order valence-corrected chi connectivity index (χ0v) is 12.2. The highest BCUT2D eigenvalue weighted by atomic mass is 16.3. The topological polar surface area (TPSA) is 62.2 Å². The number of pyridine rings is 1. The average molecular weight is 280 g/mol. The van der Waals surface area contributed by atoms with Crippen LogP contribution in [0.1, 0.15) is 16.8 Å². The van der Waals surface area contributed by atoms with Gasteiger partial charge in [0.15, 0.2) is 17.2 Å². The number of nitrogens with zero attached hydrogens (tertiary/aromatic N) is 4. The van der Waals surface area contributed by atoms with Gasteiger partial charge in [-0.25, -0.2) is 4.98 Å². The van der Waals surface area contributed by atoms with Crippen molar-refractivity contribution in [1.29, 1.82) is 0 Å². The van der Waals surface area contributed by atoms with E-state index < -0.39 is 0 Å². The number of aromatic nitrogens is 2. The molecule has 106 valence electrons. The van der Waals surface area contributed by atoms with Crippen LogP contribution in [0.15, 0.2) is 46.8 Å². The number of aryl methyl sites for hydroxylation is 3. The maximum absolute atomic E-state index is 9.83. The van der Waals surface area contributed by atoms with Gasteiger partial charge in [0.05, 0.1) is 11.4 Å². The van der Waals surface area contributed by atoms with Gasteiger partial charge in [0.1, 0.15) is 0 Å². The molecule has 3 aromatic rings. The summed E-state index contributed by atoms with van der Waals surface area (Å²) in [6.45, 7) is 5.87. The van der Waals surface area contributed by atoms with Crippen molar-refractivity contribution in [1.82, 2.24) is 9.38 Å². The molecule has 0 amide bonds. The van der Waals surface area contributed by atoms with Crippen LogP contribution in [-0.4, -0.2) is 14.5 Å². The molecule has 0 unspecified atom stereocenters. The van der Waals surface area contributed by atoms with Gasteiger partial charge in [0.25, 0.3) is 0 Å². The van der Waals surface area contributed by atoms with E-state index in [-0.39, 0.29) is 5.75 Å². The van der Waals surface area contributed by atoms with Crippen LogP contribution in [0, 0.1) is 20.8 Å². The summed E-state index contributed by atoms with van der Waals surface area (Å²) < 4.78 is 1.74. The van der Waals surface area contributed by atoms with E-state index in [1.807, 2.05) is 45.2 Å². The van der Waals surface area contributed by atoms with Crippen LogP contribution in [0.3, 0.4) is 0 Å². The van der Waals surface area contributed by atoms with Crippen molar-refractivity contribution in [3.8, 4) is 5.75 Å². The molecule has 2 heterocycles. The maximum atomic E-state index is 9.83. The summed E-state index contributed by atoms with van der Waals surface area (Å²) in [5.41, 5.74) is 4.24. The fraction of sp³-hybridized carbons (Fsp3) is 0.188. The van der Waals surface area contributed by atoms with Crippen molar-refractivity contribution in [3.05, 3.63) is 53.3 Å². The lowest BCUT2D eigenvalue weighted by molar-refractivity contribution is 0.477. The molecule has 0 aliphatic carbocycles. The number of rotatable bonds is 2. The highest BCUT2D eigenvalue weighted by molar-refractivity contribution is 5.60. The maximum Gasteiger partial charge on any atom is 0.182 e. The van der Waals surface area contributed by atoms with E-state index >= 15 is 0 Å². The number of aromatic hydroxyl groups is 1. The van der Waals surface area contributed by atoms with Crippen LogP contribution in [0.25, 0.3) is 5.65 Å². The number of hydrogen-bond acceptors (Lipinski definition) is 4. The van der Waals surface area contributed by atoms with E-state index in [0.29, 0.717) is 11.5 Å². The highest BCUT2D eigenvalue weighted by Crippen LogP contribution is 2.29. The number of imidazole rings is 1. The first-order chi connectivity index (χ1) is 10.1. The smallest absolute Gasteiger partial charge is 0.182 e. The predicted octanol–water partition coefficient (Wildman–Crippen LogP) is 4.38. The number of hydrogen-bond donors (Lipinski definition) is 1. The van der Waals surface area contributed by atoms with Gasteiger partial charge in [-0.05, 0) is 44.0 Å². The lowest BCUT2D eigenvalue weighted by atomic mass is 10.1. The molecule has 0 saturated heterocycles. The van der Waals surface area contributed by atoms with Gasteiger partial charge in [0.2, 0.25) is 0 Å². The first-order valence-corrected chi connectivity index (χ1v) is 6.72. The van der Waals surface area contributed by atoms with Crippen LogP contribution in [0.4, 0.5) is 11.5 Å².